The molecular formula is C28H38N4O2. The number of amides is 1. The molecule has 2 aromatic rings. The lowest BCUT2D eigenvalue weighted by Crippen LogP contribution is -2.45. The van der Waals surface area contributed by atoms with Crippen LogP contribution in [0.1, 0.15) is 33.5 Å². The summed E-state index contributed by atoms with van der Waals surface area (Å²) in [5, 5.41) is 3.23. The van der Waals surface area contributed by atoms with E-state index in [0.29, 0.717) is 5.92 Å². The molecule has 0 aromatic heterocycles. The minimum atomic E-state index is 0.0304. The van der Waals surface area contributed by atoms with Crippen molar-refractivity contribution in [2.24, 2.45) is 5.92 Å². The minimum absolute atomic E-state index is 0.0304. The maximum atomic E-state index is 12.9. The maximum absolute atomic E-state index is 12.9. The molecule has 2 fully saturated rings. The van der Waals surface area contributed by atoms with Gasteiger partial charge in [0.1, 0.15) is 0 Å². The number of fused-ring (bicyclic) bond motifs is 1. The number of piperazine rings is 1. The highest BCUT2D eigenvalue weighted by Crippen LogP contribution is 2.35. The van der Waals surface area contributed by atoms with Crippen LogP contribution in [0.25, 0.3) is 0 Å². The number of ether oxygens (including phenoxy) is 1. The summed E-state index contributed by atoms with van der Waals surface area (Å²) in [6.07, 6.45) is 3.29. The lowest BCUT2D eigenvalue weighted by atomic mass is 9.80. The summed E-state index contributed by atoms with van der Waals surface area (Å²) in [4.78, 5) is 20.1. The quantitative estimate of drug-likeness (QED) is 0.740. The number of hydrogen-bond donors (Lipinski definition) is 1. The van der Waals surface area contributed by atoms with Gasteiger partial charge in [0.05, 0.1) is 13.2 Å². The van der Waals surface area contributed by atoms with Gasteiger partial charge in [0.2, 0.25) is 0 Å². The van der Waals surface area contributed by atoms with Crippen molar-refractivity contribution in [1.29, 1.82) is 0 Å². The smallest absolute Gasteiger partial charge is 0.251 e. The normalized spacial score (nSPS) is 21.3. The summed E-state index contributed by atoms with van der Waals surface area (Å²) >= 11 is 0. The number of nitrogens with zero attached hydrogens (tertiary/aromatic N) is 3. The van der Waals surface area contributed by atoms with E-state index in [1.54, 1.807) is 0 Å². The number of morpholine rings is 1. The van der Waals surface area contributed by atoms with Crippen LogP contribution >= 0.6 is 0 Å². The van der Waals surface area contributed by atoms with E-state index in [4.69, 9.17) is 4.74 Å². The SMILES string of the molecule is Cc1ccc(N2CCN(C)CC2)c2c1CCC(CNC(=O)c1ccc(N3CCOCC3)cc1)C2. The molecule has 2 aromatic carbocycles. The molecule has 0 radical (unpaired) electrons. The highest BCUT2D eigenvalue weighted by Gasteiger charge is 2.26. The summed E-state index contributed by atoms with van der Waals surface area (Å²) in [5.74, 6) is 0.514. The van der Waals surface area contributed by atoms with Gasteiger partial charge in [-0.1, -0.05) is 6.07 Å². The molecule has 1 atom stereocenters. The Morgan fingerprint density at radius 2 is 1.68 bits per heavy atom. The largest absolute Gasteiger partial charge is 0.378 e. The predicted molar refractivity (Wildman–Crippen MR) is 138 cm³/mol. The van der Waals surface area contributed by atoms with E-state index in [-0.39, 0.29) is 5.91 Å². The van der Waals surface area contributed by atoms with Crippen LogP contribution in [0.5, 0.6) is 0 Å². The zero-order valence-electron chi connectivity index (χ0n) is 20.7. The molecule has 34 heavy (non-hydrogen) atoms. The third-order valence-corrected chi connectivity index (χ3v) is 7.84. The second-order valence-corrected chi connectivity index (χ2v) is 10.1. The molecule has 1 aliphatic carbocycles. The van der Waals surface area contributed by atoms with Crippen LogP contribution in [0.3, 0.4) is 0 Å². The van der Waals surface area contributed by atoms with Crippen molar-refractivity contribution in [3.63, 3.8) is 0 Å². The molecule has 5 rings (SSSR count). The lowest BCUT2D eigenvalue weighted by Gasteiger charge is -2.37. The molecule has 2 saturated heterocycles. The summed E-state index contributed by atoms with van der Waals surface area (Å²) in [5.41, 5.74) is 7.79. The first-order valence-electron chi connectivity index (χ1n) is 12.8. The molecule has 6 heteroatoms. The van der Waals surface area contributed by atoms with Crippen molar-refractivity contribution < 1.29 is 9.53 Å². The van der Waals surface area contributed by atoms with Crippen molar-refractivity contribution in [1.82, 2.24) is 10.2 Å². The average Bonchev–Trinajstić information content (AvgIpc) is 2.89. The topological polar surface area (TPSA) is 48.0 Å². The number of carbonyl (C=O) groups excluding carboxylic acids is 1. The third kappa shape index (κ3) is 5.08. The van der Waals surface area contributed by atoms with E-state index in [9.17, 15) is 4.79 Å². The van der Waals surface area contributed by atoms with E-state index in [0.717, 1.165) is 89.5 Å². The second kappa shape index (κ2) is 10.4. The van der Waals surface area contributed by atoms with Crippen molar-refractivity contribution in [2.75, 3.05) is 75.9 Å². The van der Waals surface area contributed by atoms with Gasteiger partial charge in [-0.3, -0.25) is 4.79 Å². The number of aryl methyl sites for hydroxylation is 1. The first-order valence-corrected chi connectivity index (χ1v) is 12.8. The van der Waals surface area contributed by atoms with Gasteiger partial charge in [0, 0.05) is 62.8 Å². The summed E-state index contributed by atoms with van der Waals surface area (Å²) < 4.78 is 5.44. The predicted octanol–water partition coefficient (Wildman–Crippen LogP) is 3.12. The Bertz CT molecular complexity index is 992. The molecule has 2 aliphatic heterocycles. The Morgan fingerprint density at radius 3 is 2.41 bits per heavy atom. The fourth-order valence-corrected chi connectivity index (χ4v) is 5.61. The van der Waals surface area contributed by atoms with Gasteiger partial charge >= 0.3 is 0 Å². The molecule has 1 N–H and O–H groups in total. The highest BCUT2D eigenvalue weighted by molar-refractivity contribution is 5.94. The van der Waals surface area contributed by atoms with Gasteiger partial charge in [-0.2, -0.15) is 0 Å². The second-order valence-electron chi connectivity index (χ2n) is 10.1. The van der Waals surface area contributed by atoms with E-state index < -0.39 is 0 Å². The van der Waals surface area contributed by atoms with Crippen molar-refractivity contribution in [3.8, 4) is 0 Å². The van der Waals surface area contributed by atoms with Crippen LogP contribution in [0, 0.1) is 12.8 Å². The molecule has 3 aliphatic rings. The lowest BCUT2D eigenvalue weighted by molar-refractivity contribution is 0.0945. The van der Waals surface area contributed by atoms with Crippen LogP contribution in [-0.4, -0.2) is 76.9 Å². The van der Waals surface area contributed by atoms with Crippen LogP contribution in [0.4, 0.5) is 11.4 Å². The summed E-state index contributed by atoms with van der Waals surface area (Å²) in [6.45, 7) is 10.7. The van der Waals surface area contributed by atoms with Crippen LogP contribution in [-0.2, 0) is 17.6 Å². The van der Waals surface area contributed by atoms with E-state index >= 15 is 0 Å². The molecule has 6 nitrogen and oxygen atoms in total. The number of rotatable bonds is 5. The van der Waals surface area contributed by atoms with E-state index in [2.05, 4.69) is 58.3 Å². The Kier molecular flexibility index (Phi) is 7.07. The molecule has 182 valence electrons. The molecule has 2 heterocycles. The summed E-state index contributed by atoms with van der Waals surface area (Å²) in [7, 11) is 2.21. The Balaban J connectivity index is 1.21. The number of benzene rings is 2. The Hall–Kier alpha value is -2.57. The molecule has 1 unspecified atom stereocenters. The first-order chi connectivity index (χ1) is 16.6. The molecule has 0 bridgehead atoms. The fraction of sp³-hybridized carbons (Fsp3) is 0.536. The van der Waals surface area contributed by atoms with Crippen molar-refractivity contribution >= 4 is 17.3 Å². The van der Waals surface area contributed by atoms with Gasteiger partial charge < -0.3 is 24.8 Å². The van der Waals surface area contributed by atoms with Crippen LogP contribution < -0.4 is 15.1 Å². The molecule has 1 amide bonds. The fourth-order valence-electron chi connectivity index (χ4n) is 5.61. The number of hydrogen-bond acceptors (Lipinski definition) is 5. The van der Waals surface area contributed by atoms with Gasteiger partial charge in [-0.15, -0.1) is 0 Å². The number of carbonyl (C=O) groups is 1. The molecular weight excluding hydrogens is 424 g/mol. The molecule has 0 spiro atoms. The zero-order chi connectivity index (χ0) is 23.5. The van der Waals surface area contributed by atoms with Crippen LogP contribution in [0.15, 0.2) is 36.4 Å². The van der Waals surface area contributed by atoms with Gasteiger partial charge in [0.15, 0.2) is 0 Å². The number of anilines is 2. The maximum Gasteiger partial charge on any atom is 0.251 e. The first kappa shape index (κ1) is 23.2. The minimum Gasteiger partial charge on any atom is -0.378 e. The van der Waals surface area contributed by atoms with Gasteiger partial charge in [-0.25, -0.2) is 0 Å². The van der Waals surface area contributed by atoms with E-state index in [1.807, 2.05) is 12.1 Å². The standard InChI is InChI=1S/C28H38N4O2/c1-21-3-10-27(32-13-11-30(2)12-14-32)26-19-22(4-9-25(21)26)20-29-28(33)23-5-7-24(8-6-23)31-15-17-34-18-16-31/h3,5-8,10,22H,4,9,11-20H2,1-2H3,(H,29,33). The zero-order valence-corrected chi connectivity index (χ0v) is 20.7. The average molecular weight is 463 g/mol. The Morgan fingerprint density at radius 1 is 0.941 bits per heavy atom. The van der Waals surface area contributed by atoms with Crippen molar-refractivity contribution in [3.05, 3.63) is 58.7 Å². The molecule has 0 saturated carbocycles. The third-order valence-electron chi connectivity index (χ3n) is 7.84. The van der Waals surface area contributed by atoms with Gasteiger partial charge in [0.25, 0.3) is 5.91 Å². The summed E-state index contributed by atoms with van der Waals surface area (Å²) in [6, 6.07) is 12.6. The van der Waals surface area contributed by atoms with Crippen LogP contribution in [0.2, 0.25) is 0 Å². The number of likely N-dealkylation sites (N-methyl/N-ethyl adjacent to an activating group) is 1. The van der Waals surface area contributed by atoms with Crippen molar-refractivity contribution in [2.45, 2.75) is 26.2 Å². The van der Waals surface area contributed by atoms with Gasteiger partial charge in [-0.05, 0) is 86.2 Å². The number of nitrogens with one attached hydrogen (secondary N) is 1. The monoisotopic (exact) mass is 462 g/mol. The highest BCUT2D eigenvalue weighted by atomic mass is 16.5. The van der Waals surface area contributed by atoms with E-state index in [1.165, 1.54) is 22.4 Å². The Labute approximate surface area is 203 Å².